The van der Waals surface area contributed by atoms with Crippen LogP contribution in [0.4, 0.5) is 9.52 Å². The van der Waals surface area contributed by atoms with Gasteiger partial charge in [-0.25, -0.2) is 9.37 Å². The van der Waals surface area contributed by atoms with E-state index in [0.717, 1.165) is 10.4 Å². The molecule has 0 unspecified atom stereocenters. The number of hydrogen-bond acceptors (Lipinski definition) is 5. The van der Waals surface area contributed by atoms with Crippen LogP contribution in [0.15, 0.2) is 53.1 Å². The third kappa shape index (κ3) is 3.14. The SMILES string of the molecule is Cc1sc(NC(=O)c2cc(-c3ccco3)[nH]n2)nc1-c1ccc(F)cc1. The zero-order valence-corrected chi connectivity index (χ0v) is 14.4. The largest absolute Gasteiger partial charge is 0.463 e. The van der Waals surface area contributed by atoms with Crippen molar-refractivity contribution in [3.05, 3.63) is 65.1 Å². The van der Waals surface area contributed by atoms with Crippen LogP contribution in [0.2, 0.25) is 0 Å². The van der Waals surface area contributed by atoms with Crippen LogP contribution in [0.1, 0.15) is 15.4 Å². The number of rotatable bonds is 4. The van der Waals surface area contributed by atoms with Crippen molar-refractivity contribution in [3.63, 3.8) is 0 Å². The van der Waals surface area contributed by atoms with Crippen LogP contribution in [0.3, 0.4) is 0 Å². The van der Waals surface area contributed by atoms with Crippen LogP contribution in [0.5, 0.6) is 0 Å². The molecule has 0 radical (unpaired) electrons. The molecule has 0 spiro atoms. The Labute approximate surface area is 151 Å². The van der Waals surface area contributed by atoms with E-state index in [0.29, 0.717) is 22.3 Å². The summed E-state index contributed by atoms with van der Waals surface area (Å²) in [6.07, 6.45) is 1.55. The van der Waals surface area contributed by atoms with Gasteiger partial charge >= 0.3 is 0 Å². The molecular weight excluding hydrogens is 355 g/mol. The van der Waals surface area contributed by atoms with Crippen molar-refractivity contribution in [2.45, 2.75) is 6.92 Å². The average molecular weight is 368 g/mol. The van der Waals surface area contributed by atoms with Gasteiger partial charge in [-0.05, 0) is 43.3 Å². The molecule has 0 saturated heterocycles. The van der Waals surface area contributed by atoms with Gasteiger partial charge in [-0.2, -0.15) is 5.10 Å². The first-order chi connectivity index (χ1) is 12.6. The molecule has 3 aromatic heterocycles. The van der Waals surface area contributed by atoms with Crippen LogP contribution >= 0.6 is 11.3 Å². The van der Waals surface area contributed by atoms with Crippen molar-refractivity contribution in [2.24, 2.45) is 0 Å². The number of H-pyrrole nitrogens is 1. The molecule has 0 aliphatic carbocycles. The van der Waals surface area contributed by atoms with E-state index in [2.05, 4.69) is 20.5 Å². The third-order valence-electron chi connectivity index (χ3n) is 3.73. The summed E-state index contributed by atoms with van der Waals surface area (Å²) < 4.78 is 18.3. The first-order valence-electron chi connectivity index (χ1n) is 7.74. The number of aryl methyl sites for hydroxylation is 1. The van der Waals surface area contributed by atoms with Crippen LogP contribution in [0, 0.1) is 12.7 Å². The van der Waals surface area contributed by atoms with Crippen molar-refractivity contribution in [2.75, 3.05) is 5.32 Å². The highest BCUT2D eigenvalue weighted by Gasteiger charge is 2.16. The van der Waals surface area contributed by atoms with E-state index in [1.807, 2.05) is 6.92 Å². The van der Waals surface area contributed by atoms with Gasteiger partial charge < -0.3 is 4.42 Å². The number of aromatic amines is 1. The monoisotopic (exact) mass is 368 g/mol. The minimum Gasteiger partial charge on any atom is -0.463 e. The van der Waals surface area contributed by atoms with Gasteiger partial charge in [-0.15, -0.1) is 11.3 Å². The first kappa shape index (κ1) is 16.2. The molecule has 8 heteroatoms. The number of nitrogens with one attached hydrogen (secondary N) is 2. The Morgan fingerprint density at radius 3 is 2.81 bits per heavy atom. The Balaban J connectivity index is 1.53. The number of furan rings is 1. The lowest BCUT2D eigenvalue weighted by Gasteiger charge is -1.98. The van der Waals surface area contributed by atoms with Gasteiger partial charge in [-0.3, -0.25) is 15.2 Å². The van der Waals surface area contributed by atoms with E-state index < -0.39 is 0 Å². The summed E-state index contributed by atoms with van der Waals surface area (Å²) in [6.45, 7) is 1.90. The lowest BCUT2D eigenvalue weighted by Crippen LogP contribution is -2.12. The lowest BCUT2D eigenvalue weighted by atomic mass is 10.1. The number of carbonyl (C=O) groups excluding carboxylic acids is 1. The van der Waals surface area contributed by atoms with Crippen LogP contribution in [0.25, 0.3) is 22.7 Å². The van der Waals surface area contributed by atoms with Gasteiger partial charge in [0.2, 0.25) is 0 Å². The summed E-state index contributed by atoms with van der Waals surface area (Å²) in [5, 5.41) is 9.96. The maximum atomic E-state index is 13.1. The number of aromatic nitrogens is 3. The molecular formula is C18H13FN4O2S. The molecule has 4 rings (SSSR count). The van der Waals surface area contributed by atoms with Crippen molar-refractivity contribution in [1.82, 2.24) is 15.2 Å². The molecule has 0 aliphatic heterocycles. The van der Waals surface area contributed by atoms with Crippen LogP contribution < -0.4 is 5.32 Å². The maximum Gasteiger partial charge on any atom is 0.277 e. The molecule has 1 aromatic carbocycles. The zero-order chi connectivity index (χ0) is 18.1. The molecule has 26 heavy (non-hydrogen) atoms. The molecule has 0 fully saturated rings. The highest BCUT2D eigenvalue weighted by Crippen LogP contribution is 2.30. The normalized spacial score (nSPS) is 10.8. The quantitative estimate of drug-likeness (QED) is 0.556. The predicted molar refractivity (Wildman–Crippen MR) is 96.5 cm³/mol. The maximum absolute atomic E-state index is 13.1. The van der Waals surface area contributed by atoms with Gasteiger partial charge in [0.25, 0.3) is 5.91 Å². The number of amides is 1. The number of benzene rings is 1. The van der Waals surface area contributed by atoms with Crippen LogP contribution in [-0.2, 0) is 0 Å². The van der Waals surface area contributed by atoms with Crippen LogP contribution in [-0.4, -0.2) is 21.1 Å². The van der Waals surface area contributed by atoms with E-state index in [9.17, 15) is 9.18 Å². The Bertz CT molecular complexity index is 1050. The number of anilines is 1. The third-order valence-corrected chi connectivity index (χ3v) is 4.62. The summed E-state index contributed by atoms with van der Waals surface area (Å²) in [5.41, 5.74) is 2.35. The Hall–Kier alpha value is -3.26. The fraction of sp³-hybridized carbons (Fsp3) is 0.0556. The topological polar surface area (TPSA) is 83.8 Å². The Morgan fingerprint density at radius 2 is 2.08 bits per heavy atom. The molecule has 0 saturated carbocycles. The average Bonchev–Trinajstić information content (AvgIpc) is 3.35. The van der Waals surface area contributed by atoms with Gasteiger partial charge in [0.15, 0.2) is 16.6 Å². The van der Waals surface area contributed by atoms with E-state index in [-0.39, 0.29) is 17.4 Å². The molecule has 0 bridgehead atoms. The molecule has 2 N–H and O–H groups in total. The smallest absolute Gasteiger partial charge is 0.277 e. The van der Waals surface area contributed by atoms with E-state index in [1.165, 1.54) is 23.5 Å². The van der Waals surface area contributed by atoms with E-state index in [1.54, 1.807) is 36.6 Å². The van der Waals surface area contributed by atoms with E-state index >= 15 is 0 Å². The number of hydrogen-bond donors (Lipinski definition) is 2. The Kier molecular flexibility index (Phi) is 4.10. The second-order valence-electron chi connectivity index (χ2n) is 5.53. The highest BCUT2D eigenvalue weighted by atomic mass is 32.1. The first-order valence-corrected chi connectivity index (χ1v) is 8.56. The fourth-order valence-electron chi connectivity index (χ4n) is 2.48. The minimum absolute atomic E-state index is 0.229. The highest BCUT2D eigenvalue weighted by molar-refractivity contribution is 7.16. The van der Waals surface area contributed by atoms with Gasteiger partial charge in [0.1, 0.15) is 11.5 Å². The summed E-state index contributed by atoms with van der Waals surface area (Å²) in [5.74, 6) is -0.0836. The van der Waals surface area contributed by atoms with E-state index in [4.69, 9.17) is 4.42 Å². The molecule has 130 valence electrons. The fourth-order valence-corrected chi connectivity index (χ4v) is 3.31. The summed E-state index contributed by atoms with van der Waals surface area (Å²) >= 11 is 1.35. The van der Waals surface area contributed by atoms with Crippen molar-refractivity contribution < 1.29 is 13.6 Å². The number of nitrogens with zero attached hydrogens (tertiary/aromatic N) is 2. The number of halogens is 1. The van der Waals surface area contributed by atoms with Crippen molar-refractivity contribution in [1.29, 1.82) is 0 Å². The lowest BCUT2D eigenvalue weighted by molar-refractivity contribution is 0.102. The second-order valence-corrected chi connectivity index (χ2v) is 6.73. The molecule has 3 heterocycles. The zero-order valence-electron chi connectivity index (χ0n) is 13.6. The number of carbonyl (C=O) groups is 1. The molecule has 0 atom stereocenters. The summed E-state index contributed by atoms with van der Waals surface area (Å²) in [6, 6.07) is 11.2. The van der Waals surface area contributed by atoms with Gasteiger partial charge in [0, 0.05) is 16.5 Å². The standard InChI is InChI=1S/C18H13FN4O2S/c1-10-16(11-4-6-12(19)7-5-11)20-18(26-10)21-17(24)14-9-13(22-23-14)15-3-2-8-25-15/h2-9H,1H3,(H,22,23)(H,20,21,24). The Morgan fingerprint density at radius 1 is 1.27 bits per heavy atom. The van der Waals surface area contributed by atoms with Gasteiger partial charge in [-0.1, -0.05) is 0 Å². The van der Waals surface area contributed by atoms with Crippen molar-refractivity contribution >= 4 is 22.4 Å². The predicted octanol–water partition coefficient (Wildman–Crippen LogP) is 4.49. The number of thiazole rings is 1. The minimum atomic E-state index is -0.376. The molecule has 6 nitrogen and oxygen atoms in total. The molecule has 1 amide bonds. The molecule has 4 aromatic rings. The van der Waals surface area contributed by atoms with Gasteiger partial charge in [0.05, 0.1) is 12.0 Å². The molecule has 0 aliphatic rings. The van der Waals surface area contributed by atoms with Crippen molar-refractivity contribution in [3.8, 4) is 22.7 Å². The summed E-state index contributed by atoms with van der Waals surface area (Å²) in [4.78, 5) is 17.8. The summed E-state index contributed by atoms with van der Waals surface area (Å²) in [7, 11) is 0. The second kappa shape index (κ2) is 6.57.